The molecule has 0 saturated carbocycles. The monoisotopic (exact) mass is 268 g/mol. The van der Waals surface area contributed by atoms with Crippen LogP contribution in [0, 0.1) is 6.92 Å². The highest BCUT2D eigenvalue weighted by Crippen LogP contribution is 2.23. The standard InChI is InChI=1S/C17H20N2O/c1-13-8-10-14(11-9-13)12-17(20)18-15-6-4-5-7-16(15)19(2)3/h4-11H,12H2,1-3H3,(H,18,20). The summed E-state index contributed by atoms with van der Waals surface area (Å²) in [6, 6.07) is 15.8. The number of anilines is 2. The van der Waals surface area contributed by atoms with Gasteiger partial charge in [0.25, 0.3) is 0 Å². The number of nitrogens with one attached hydrogen (secondary N) is 1. The summed E-state index contributed by atoms with van der Waals surface area (Å²) in [5.74, 6) is 0.00292. The zero-order valence-electron chi connectivity index (χ0n) is 12.2. The molecule has 1 N–H and O–H groups in total. The zero-order chi connectivity index (χ0) is 14.5. The molecule has 2 aromatic carbocycles. The van der Waals surface area contributed by atoms with Crippen LogP contribution in [0.3, 0.4) is 0 Å². The van der Waals surface area contributed by atoms with E-state index in [0.717, 1.165) is 16.9 Å². The van der Waals surface area contributed by atoms with Crippen molar-refractivity contribution in [3.8, 4) is 0 Å². The van der Waals surface area contributed by atoms with Gasteiger partial charge in [-0.3, -0.25) is 4.79 Å². The predicted molar refractivity (Wildman–Crippen MR) is 84.3 cm³/mol. The molecule has 0 aliphatic rings. The molecule has 3 heteroatoms. The van der Waals surface area contributed by atoms with Crippen LogP contribution in [0.4, 0.5) is 11.4 Å². The topological polar surface area (TPSA) is 32.3 Å². The quantitative estimate of drug-likeness (QED) is 0.923. The minimum atomic E-state index is 0.00292. The maximum Gasteiger partial charge on any atom is 0.228 e. The highest BCUT2D eigenvalue weighted by molar-refractivity contribution is 5.95. The lowest BCUT2D eigenvalue weighted by Gasteiger charge is -2.17. The van der Waals surface area contributed by atoms with E-state index in [-0.39, 0.29) is 5.91 Å². The highest BCUT2D eigenvalue weighted by Gasteiger charge is 2.08. The molecule has 3 nitrogen and oxygen atoms in total. The fraction of sp³-hybridized carbons (Fsp3) is 0.235. The highest BCUT2D eigenvalue weighted by atomic mass is 16.1. The van der Waals surface area contributed by atoms with Gasteiger partial charge in [0.05, 0.1) is 17.8 Å². The fourth-order valence-corrected chi connectivity index (χ4v) is 2.06. The molecule has 0 aromatic heterocycles. The van der Waals surface area contributed by atoms with E-state index in [9.17, 15) is 4.79 Å². The zero-order valence-corrected chi connectivity index (χ0v) is 12.2. The van der Waals surface area contributed by atoms with E-state index >= 15 is 0 Å². The Hall–Kier alpha value is -2.29. The lowest BCUT2D eigenvalue weighted by atomic mass is 10.1. The molecule has 104 valence electrons. The van der Waals surface area contributed by atoms with E-state index in [2.05, 4.69) is 5.32 Å². The Morgan fingerprint density at radius 1 is 1.05 bits per heavy atom. The number of carbonyl (C=O) groups excluding carboxylic acids is 1. The van der Waals surface area contributed by atoms with E-state index in [0.29, 0.717) is 6.42 Å². The second-order valence-corrected chi connectivity index (χ2v) is 5.12. The Labute approximate surface area is 120 Å². The third-order valence-corrected chi connectivity index (χ3v) is 3.15. The van der Waals surface area contributed by atoms with Gasteiger partial charge in [-0.05, 0) is 24.6 Å². The van der Waals surface area contributed by atoms with Crippen LogP contribution in [-0.4, -0.2) is 20.0 Å². The van der Waals surface area contributed by atoms with Crippen molar-refractivity contribution in [2.24, 2.45) is 0 Å². The van der Waals surface area contributed by atoms with Gasteiger partial charge in [0.15, 0.2) is 0 Å². The Kier molecular flexibility index (Phi) is 4.41. The van der Waals surface area contributed by atoms with Crippen molar-refractivity contribution in [3.63, 3.8) is 0 Å². The summed E-state index contributed by atoms with van der Waals surface area (Å²) in [7, 11) is 3.93. The molecule has 0 aliphatic carbocycles. The van der Waals surface area contributed by atoms with Crippen LogP contribution in [0.2, 0.25) is 0 Å². The number of carbonyl (C=O) groups is 1. The van der Waals surface area contributed by atoms with Crippen LogP contribution in [0.1, 0.15) is 11.1 Å². The van der Waals surface area contributed by atoms with Crippen molar-refractivity contribution in [3.05, 3.63) is 59.7 Å². The van der Waals surface area contributed by atoms with Gasteiger partial charge in [-0.15, -0.1) is 0 Å². The van der Waals surface area contributed by atoms with Crippen LogP contribution in [-0.2, 0) is 11.2 Å². The van der Waals surface area contributed by atoms with E-state index in [1.54, 1.807) is 0 Å². The number of rotatable bonds is 4. The molecule has 0 heterocycles. The summed E-state index contributed by atoms with van der Waals surface area (Å²) >= 11 is 0. The lowest BCUT2D eigenvalue weighted by molar-refractivity contribution is -0.115. The van der Waals surface area contributed by atoms with Gasteiger partial charge in [0.2, 0.25) is 5.91 Å². The molecule has 0 spiro atoms. The molecule has 0 bridgehead atoms. The smallest absolute Gasteiger partial charge is 0.228 e. The fourth-order valence-electron chi connectivity index (χ4n) is 2.06. The number of hydrogen-bond acceptors (Lipinski definition) is 2. The molecular weight excluding hydrogens is 248 g/mol. The minimum Gasteiger partial charge on any atom is -0.376 e. The van der Waals surface area contributed by atoms with Gasteiger partial charge in [-0.1, -0.05) is 42.0 Å². The Balaban J connectivity index is 2.07. The Morgan fingerprint density at radius 3 is 2.35 bits per heavy atom. The molecule has 1 amide bonds. The summed E-state index contributed by atoms with van der Waals surface area (Å²) < 4.78 is 0. The molecule has 2 rings (SSSR count). The van der Waals surface area contributed by atoms with Crippen molar-refractivity contribution < 1.29 is 4.79 Å². The summed E-state index contributed by atoms with van der Waals surface area (Å²) in [4.78, 5) is 14.1. The van der Waals surface area contributed by atoms with Gasteiger partial charge in [0.1, 0.15) is 0 Å². The van der Waals surface area contributed by atoms with E-state index < -0.39 is 0 Å². The van der Waals surface area contributed by atoms with E-state index in [1.165, 1.54) is 5.56 Å². The van der Waals surface area contributed by atoms with Crippen molar-refractivity contribution in [2.45, 2.75) is 13.3 Å². The first-order valence-electron chi connectivity index (χ1n) is 6.68. The van der Waals surface area contributed by atoms with Crippen molar-refractivity contribution in [1.82, 2.24) is 0 Å². The number of aryl methyl sites for hydroxylation is 1. The van der Waals surface area contributed by atoms with Gasteiger partial charge in [-0.25, -0.2) is 0 Å². The minimum absolute atomic E-state index is 0.00292. The van der Waals surface area contributed by atoms with Gasteiger partial charge in [-0.2, -0.15) is 0 Å². The van der Waals surface area contributed by atoms with Crippen LogP contribution in [0.15, 0.2) is 48.5 Å². The second-order valence-electron chi connectivity index (χ2n) is 5.12. The van der Waals surface area contributed by atoms with Crippen LogP contribution in [0.5, 0.6) is 0 Å². The average Bonchev–Trinajstić information content (AvgIpc) is 2.41. The SMILES string of the molecule is Cc1ccc(CC(=O)Nc2ccccc2N(C)C)cc1. The molecule has 20 heavy (non-hydrogen) atoms. The van der Waals surface area contributed by atoms with Crippen molar-refractivity contribution >= 4 is 17.3 Å². The first kappa shape index (κ1) is 14.1. The van der Waals surface area contributed by atoms with Crippen LogP contribution in [0.25, 0.3) is 0 Å². The number of nitrogens with zero attached hydrogens (tertiary/aromatic N) is 1. The Bertz CT molecular complexity index is 588. The largest absolute Gasteiger partial charge is 0.376 e. The van der Waals surface area contributed by atoms with E-state index in [4.69, 9.17) is 0 Å². The number of para-hydroxylation sites is 2. The third-order valence-electron chi connectivity index (χ3n) is 3.15. The molecule has 2 aromatic rings. The molecule has 0 radical (unpaired) electrons. The number of amides is 1. The number of hydrogen-bond donors (Lipinski definition) is 1. The predicted octanol–water partition coefficient (Wildman–Crippen LogP) is 3.24. The normalized spacial score (nSPS) is 10.2. The number of benzene rings is 2. The summed E-state index contributed by atoms with van der Waals surface area (Å²) in [5, 5.41) is 2.97. The molecule has 0 saturated heterocycles. The van der Waals surface area contributed by atoms with Gasteiger partial charge in [0, 0.05) is 14.1 Å². The van der Waals surface area contributed by atoms with Crippen LogP contribution < -0.4 is 10.2 Å². The van der Waals surface area contributed by atoms with Crippen LogP contribution >= 0.6 is 0 Å². The summed E-state index contributed by atoms with van der Waals surface area (Å²) in [6.07, 6.45) is 0.391. The van der Waals surface area contributed by atoms with Crippen molar-refractivity contribution in [1.29, 1.82) is 0 Å². The molecule has 0 aliphatic heterocycles. The summed E-state index contributed by atoms with van der Waals surface area (Å²) in [5.41, 5.74) is 4.07. The van der Waals surface area contributed by atoms with Crippen molar-refractivity contribution in [2.75, 3.05) is 24.3 Å². The van der Waals surface area contributed by atoms with Gasteiger partial charge < -0.3 is 10.2 Å². The third kappa shape index (κ3) is 3.60. The maximum atomic E-state index is 12.1. The molecule has 0 unspecified atom stereocenters. The second kappa shape index (κ2) is 6.24. The lowest BCUT2D eigenvalue weighted by Crippen LogP contribution is -2.18. The molecular formula is C17H20N2O. The molecule has 0 atom stereocenters. The summed E-state index contributed by atoms with van der Waals surface area (Å²) in [6.45, 7) is 2.04. The first-order valence-corrected chi connectivity index (χ1v) is 6.68. The molecule has 0 fully saturated rings. The maximum absolute atomic E-state index is 12.1. The Morgan fingerprint density at radius 2 is 1.70 bits per heavy atom. The van der Waals surface area contributed by atoms with Gasteiger partial charge >= 0.3 is 0 Å². The average molecular weight is 268 g/mol. The van der Waals surface area contributed by atoms with E-state index in [1.807, 2.05) is 74.4 Å². The first-order chi connectivity index (χ1) is 9.56.